The lowest BCUT2D eigenvalue weighted by Gasteiger charge is -2.25. The van der Waals surface area contributed by atoms with Crippen molar-refractivity contribution in [2.75, 3.05) is 19.0 Å². The summed E-state index contributed by atoms with van der Waals surface area (Å²) in [6.45, 7) is 0.415. The molecule has 3 aromatic rings. The highest BCUT2D eigenvalue weighted by molar-refractivity contribution is 6.31. The van der Waals surface area contributed by atoms with Crippen molar-refractivity contribution in [1.82, 2.24) is 9.47 Å². The highest BCUT2D eigenvalue weighted by Crippen LogP contribution is 2.28. The van der Waals surface area contributed by atoms with Crippen molar-refractivity contribution in [3.8, 4) is 11.4 Å². The van der Waals surface area contributed by atoms with E-state index in [9.17, 15) is 14.0 Å². The molecule has 1 N–H and O–H groups in total. The Morgan fingerprint density at radius 2 is 1.94 bits per heavy atom. The monoisotopic (exact) mass is 441 g/mol. The Morgan fingerprint density at radius 3 is 2.68 bits per heavy atom. The summed E-state index contributed by atoms with van der Waals surface area (Å²) < 4.78 is 21.5. The number of rotatable bonds is 5. The molecule has 0 radical (unpaired) electrons. The SMILES string of the molecule is COc1ccc(Cl)cc1C(=O)N1CCCC1C(=O)Nc1cc(-n2cccc2)ccc1F. The minimum Gasteiger partial charge on any atom is -0.496 e. The first-order chi connectivity index (χ1) is 15.0. The van der Waals surface area contributed by atoms with Gasteiger partial charge in [-0.1, -0.05) is 11.6 Å². The minimum absolute atomic E-state index is 0.0656. The number of methoxy groups -OCH3 is 1. The Hall–Kier alpha value is -3.32. The maximum absolute atomic E-state index is 14.4. The topological polar surface area (TPSA) is 63.6 Å². The maximum atomic E-state index is 14.4. The number of amides is 2. The van der Waals surface area contributed by atoms with Gasteiger partial charge in [0.25, 0.3) is 5.91 Å². The van der Waals surface area contributed by atoms with E-state index < -0.39 is 17.8 Å². The van der Waals surface area contributed by atoms with Crippen LogP contribution in [0.1, 0.15) is 23.2 Å². The van der Waals surface area contributed by atoms with Crippen LogP contribution in [-0.2, 0) is 4.79 Å². The van der Waals surface area contributed by atoms with Crippen LogP contribution in [-0.4, -0.2) is 41.0 Å². The smallest absolute Gasteiger partial charge is 0.258 e. The Kier molecular flexibility index (Phi) is 5.95. The fourth-order valence-corrected chi connectivity index (χ4v) is 3.95. The summed E-state index contributed by atoms with van der Waals surface area (Å²) >= 11 is 6.06. The highest BCUT2D eigenvalue weighted by atomic mass is 35.5. The van der Waals surface area contributed by atoms with Crippen LogP contribution in [0.2, 0.25) is 5.02 Å². The Labute approximate surface area is 184 Å². The zero-order valence-electron chi connectivity index (χ0n) is 16.8. The van der Waals surface area contributed by atoms with E-state index in [-0.39, 0.29) is 17.2 Å². The average molecular weight is 442 g/mol. The van der Waals surface area contributed by atoms with Gasteiger partial charge in [0, 0.05) is 29.6 Å². The number of carbonyl (C=O) groups excluding carboxylic acids is 2. The molecule has 1 aliphatic rings. The van der Waals surface area contributed by atoms with Crippen LogP contribution in [0.3, 0.4) is 0 Å². The molecule has 0 aliphatic carbocycles. The number of likely N-dealkylation sites (tertiary alicyclic amines) is 1. The number of hydrogen-bond donors (Lipinski definition) is 1. The predicted molar refractivity (Wildman–Crippen MR) is 116 cm³/mol. The van der Waals surface area contributed by atoms with Gasteiger partial charge in [0.15, 0.2) is 0 Å². The lowest BCUT2D eigenvalue weighted by molar-refractivity contribution is -0.119. The molecule has 1 unspecified atom stereocenters. The molecule has 2 aromatic carbocycles. The van der Waals surface area contributed by atoms with E-state index >= 15 is 0 Å². The molecule has 8 heteroatoms. The van der Waals surface area contributed by atoms with Gasteiger partial charge in [0.2, 0.25) is 5.91 Å². The number of aromatic nitrogens is 1. The van der Waals surface area contributed by atoms with Crippen molar-refractivity contribution >= 4 is 29.1 Å². The second kappa shape index (κ2) is 8.81. The molecule has 1 aromatic heterocycles. The van der Waals surface area contributed by atoms with Crippen LogP contribution in [0, 0.1) is 5.82 Å². The first-order valence-corrected chi connectivity index (χ1v) is 10.2. The summed E-state index contributed by atoms with van der Waals surface area (Å²) in [6, 6.07) is 12.3. The van der Waals surface area contributed by atoms with Crippen molar-refractivity contribution in [2.45, 2.75) is 18.9 Å². The largest absolute Gasteiger partial charge is 0.496 e. The standard InChI is InChI=1S/C23H21ClFN3O3/c1-31-21-9-6-15(24)13-17(21)23(30)28-12-4-5-20(28)22(29)26-19-14-16(7-8-18(19)25)27-10-2-3-11-27/h2-3,6-11,13-14,20H,4-5,12H2,1H3,(H,26,29). The number of halogens is 2. The van der Waals surface area contributed by atoms with E-state index in [1.54, 1.807) is 24.3 Å². The van der Waals surface area contributed by atoms with Crippen LogP contribution in [0.5, 0.6) is 5.75 Å². The van der Waals surface area contributed by atoms with Gasteiger partial charge in [-0.2, -0.15) is 0 Å². The van der Waals surface area contributed by atoms with Crippen LogP contribution in [0.15, 0.2) is 60.9 Å². The van der Waals surface area contributed by atoms with Crippen LogP contribution >= 0.6 is 11.6 Å². The third kappa shape index (κ3) is 4.27. The molecule has 31 heavy (non-hydrogen) atoms. The van der Waals surface area contributed by atoms with Gasteiger partial charge in [-0.3, -0.25) is 9.59 Å². The molecule has 0 bridgehead atoms. The minimum atomic E-state index is -0.717. The Morgan fingerprint density at radius 1 is 1.16 bits per heavy atom. The molecule has 1 fully saturated rings. The number of carbonyl (C=O) groups is 2. The van der Waals surface area contributed by atoms with Gasteiger partial charge < -0.3 is 19.5 Å². The Bertz CT molecular complexity index is 1120. The normalized spacial score (nSPS) is 15.7. The van der Waals surface area contributed by atoms with Crippen LogP contribution in [0.25, 0.3) is 5.69 Å². The fourth-order valence-electron chi connectivity index (χ4n) is 3.78. The predicted octanol–water partition coefficient (Wildman–Crippen LogP) is 4.52. The quantitative estimate of drug-likeness (QED) is 0.633. The second-order valence-electron chi connectivity index (χ2n) is 7.24. The van der Waals surface area contributed by atoms with Gasteiger partial charge in [0.05, 0.1) is 18.4 Å². The van der Waals surface area contributed by atoms with E-state index in [0.717, 1.165) is 0 Å². The van der Waals surface area contributed by atoms with E-state index in [2.05, 4.69) is 5.32 Å². The molecule has 160 valence electrons. The van der Waals surface area contributed by atoms with Gasteiger partial charge in [-0.15, -0.1) is 0 Å². The molecule has 2 heterocycles. The van der Waals surface area contributed by atoms with Gasteiger partial charge in [0.1, 0.15) is 17.6 Å². The molecule has 2 amide bonds. The summed E-state index contributed by atoms with van der Waals surface area (Å²) in [5.41, 5.74) is 1.07. The summed E-state index contributed by atoms with van der Waals surface area (Å²) in [6.07, 6.45) is 4.81. The summed E-state index contributed by atoms with van der Waals surface area (Å²) in [5, 5.41) is 3.05. The summed E-state index contributed by atoms with van der Waals surface area (Å²) in [4.78, 5) is 27.6. The molecule has 0 spiro atoms. The van der Waals surface area contributed by atoms with E-state index in [1.165, 1.54) is 24.1 Å². The molecule has 6 nitrogen and oxygen atoms in total. The summed E-state index contributed by atoms with van der Waals surface area (Å²) in [7, 11) is 1.47. The van der Waals surface area contributed by atoms with Crippen molar-refractivity contribution < 1.29 is 18.7 Å². The Balaban J connectivity index is 1.56. The number of benzene rings is 2. The third-order valence-corrected chi connectivity index (χ3v) is 5.55. The number of hydrogen-bond acceptors (Lipinski definition) is 3. The lowest BCUT2D eigenvalue weighted by atomic mass is 10.1. The average Bonchev–Trinajstić information content (AvgIpc) is 3.47. The van der Waals surface area contributed by atoms with E-state index in [1.807, 2.05) is 29.1 Å². The fraction of sp³-hybridized carbons (Fsp3) is 0.217. The van der Waals surface area contributed by atoms with Gasteiger partial charge in [-0.05, 0) is 61.4 Å². The molecule has 1 saturated heterocycles. The highest BCUT2D eigenvalue weighted by Gasteiger charge is 2.36. The van der Waals surface area contributed by atoms with Gasteiger partial charge in [-0.25, -0.2) is 4.39 Å². The second-order valence-corrected chi connectivity index (χ2v) is 7.68. The number of nitrogens with zero attached hydrogens (tertiary/aromatic N) is 2. The molecular formula is C23H21ClFN3O3. The molecule has 4 rings (SSSR count). The zero-order chi connectivity index (χ0) is 22.0. The number of nitrogens with one attached hydrogen (secondary N) is 1. The molecule has 1 atom stereocenters. The van der Waals surface area contributed by atoms with Crippen molar-refractivity contribution in [1.29, 1.82) is 0 Å². The zero-order valence-corrected chi connectivity index (χ0v) is 17.6. The van der Waals surface area contributed by atoms with Crippen molar-refractivity contribution in [3.05, 3.63) is 77.3 Å². The maximum Gasteiger partial charge on any atom is 0.258 e. The summed E-state index contributed by atoms with van der Waals surface area (Å²) in [5.74, 6) is -0.948. The van der Waals surface area contributed by atoms with Gasteiger partial charge >= 0.3 is 0 Å². The number of anilines is 1. The van der Waals surface area contributed by atoms with Crippen molar-refractivity contribution in [2.24, 2.45) is 0 Å². The lowest BCUT2D eigenvalue weighted by Crippen LogP contribution is -2.43. The first-order valence-electron chi connectivity index (χ1n) is 9.86. The molecule has 1 aliphatic heterocycles. The third-order valence-electron chi connectivity index (χ3n) is 5.32. The van der Waals surface area contributed by atoms with E-state index in [0.29, 0.717) is 35.8 Å². The van der Waals surface area contributed by atoms with Crippen LogP contribution < -0.4 is 10.1 Å². The molecular weight excluding hydrogens is 421 g/mol. The van der Waals surface area contributed by atoms with E-state index in [4.69, 9.17) is 16.3 Å². The molecule has 0 saturated carbocycles. The first kappa shape index (κ1) is 20.9. The van der Waals surface area contributed by atoms with Crippen molar-refractivity contribution in [3.63, 3.8) is 0 Å². The number of ether oxygens (including phenoxy) is 1. The van der Waals surface area contributed by atoms with Crippen LogP contribution in [0.4, 0.5) is 10.1 Å².